The van der Waals surface area contributed by atoms with Crippen LogP contribution in [0.4, 0.5) is 0 Å². The summed E-state index contributed by atoms with van der Waals surface area (Å²) in [6, 6.07) is 0. The van der Waals surface area contributed by atoms with Gasteiger partial charge in [-0.2, -0.15) is 0 Å². The molecule has 0 aliphatic heterocycles. The lowest BCUT2D eigenvalue weighted by Gasteiger charge is -2.16. The van der Waals surface area contributed by atoms with Gasteiger partial charge in [0.05, 0.1) is 0 Å². The molecule has 0 aromatic heterocycles. The van der Waals surface area contributed by atoms with E-state index in [1.807, 2.05) is 0 Å². The second-order valence-electron chi connectivity index (χ2n) is 2.44. The van der Waals surface area contributed by atoms with Gasteiger partial charge in [0, 0.05) is 11.9 Å². The summed E-state index contributed by atoms with van der Waals surface area (Å²) in [6.07, 6.45) is 5.56. The van der Waals surface area contributed by atoms with Gasteiger partial charge in [-0.15, -0.1) is 0 Å². The van der Waals surface area contributed by atoms with Crippen molar-refractivity contribution in [1.82, 2.24) is 4.90 Å². The van der Waals surface area contributed by atoms with Gasteiger partial charge in [0.25, 0.3) is 0 Å². The van der Waals surface area contributed by atoms with Crippen LogP contribution in [-0.4, -0.2) is 29.9 Å². The average molecular weight is 220 g/mol. The number of halogens is 1. The van der Waals surface area contributed by atoms with Crippen LogP contribution < -0.4 is 0 Å². The normalized spacial score (nSPS) is 11.6. The van der Waals surface area contributed by atoms with Crippen LogP contribution in [0.5, 0.6) is 0 Å². The molecule has 0 bridgehead atoms. The van der Waals surface area contributed by atoms with Gasteiger partial charge in [-0.1, -0.05) is 41.9 Å². The molecule has 66 valence electrons. The zero-order valence-electron chi connectivity index (χ0n) is 7.52. The number of rotatable bonds is 6. The van der Waals surface area contributed by atoms with Gasteiger partial charge in [-0.05, 0) is 19.5 Å². The minimum Gasteiger partial charge on any atom is -0.304 e. The van der Waals surface area contributed by atoms with Crippen LogP contribution in [0.25, 0.3) is 0 Å². The lowest BCUT2D eigenvalue weighted by atomic mass is 10.3. The van der Waals surface area contributed by atoms with Crippen LogP contribution in [0.2, 0.25) is 0 Å². The van der Waals surface area contributed by atoms with Gasteiger partial charge in [0.15, 0.2) is 0 Å². The Morgan fingerprint density at radius 2 is 1.82 bits per heavy atom. The monoisotopic (exact) mass is 219 g/mol. The molecule has 0 aromatic carbocycles. The highest BCUT2D eigenvalue weighted by atomic mass is 79.9. The second-order valence-corrected chi connectivity index (χ2v) is 3.09. The van der Waals surface area contributed by atoms with E-state index in [0.29, 0.717) is 0 Å². The first kappa shape index (κ1) is 11.2. The largest absolute Gasteiger partial charge is 0.304 e. The Labute approximate surface area is 78.6 Å². The van der Waals surface area contributed by atoms with Gasteiger partial charge in [-0.3, -0.25) is 0 Å². The van der Waals surface area contributed by atoms with Crippen molar-refractivity contribution in [3.63, 3.8) is 0 Å². The van der Waals surface area contributed by atoms with Crippen LogP contribution in [0.3, 0.4) is 0 Å². The Kier molecular flexibility index (Phi) is 8.41. The fourth-order valence-corrected chi connectivity index (χ4v) is 1.24. The van der Waals surface area contributed by atoms with E-state index in [1.165, 1.54) is 26.1 Å². The second kappa shape index (κ2) is 8.28. The average Bonchev–Trinajstić information content (AvgIpc) is 2.05. The highest BCUT2D eigenvalue weighted by Gasteiger charge is 1.94. The predicted octanol–water partition coefficient (Wildman–Crippen LogP) is 2.67. The van der Waals surface area contributed by atoms with E-state index in [0.717, 1.165) is 5.33 Å². The van der Waals surface area contributed by atoms with E-state index in [2.05, 4.69) is 46.8 Å². The highest BCUT2D eigenvalue weighted by molar-refractivity contribution is 9.09. The number of hydrogen-bond acceptors (Lipinski definition) is 1. The topological polar surface area (TPSA) is 3.24 Å². The van der Waals surface area contributed by atoms with E-state index in [9.17, 15) is 0 Å². The van der Waals surface area contributed by atoms with Gasteiger partial charge in [-0.25, -0.2) is 0 Å². The van der Waals surface area contributed by atoms with Crippen molar-refractivity contribution < 1.29 is 0 Å². The molecule has 1 nitrogen and oxygen atoms in total. The Bertz CT molecular complexity index is 97.7. The van der Waals surface area contributed by atoms with E-state index < -0.39 is 0 Å². The molecule has 0 rings (SSSR count). The molecule has 0 saturated heterocycles. The van der Waals surface area contributed by atoms with Crippen molar-refractivity contribution in [2.24, 2.45) is 0 Å². The predicted molar refractivity (Wildman–Crippen MR) is 55.3 cm³/mol. The molecule has 0 fully saturated rings. The molecule has 0 unspecified atom stereocenters. The maximum atomic E-state index is 3.35. The van der Waals surface area contributed by atoms with Crippen molar-refractivity contribution in [3.05, 3.63) is 12.2 Å². The summed E-state index contributed by atoms with van der Waals surface area (Å²) in [6.45, 7) is 7.93. The van der Waals surface area contributed by atoms with Crippen molar-refractivity contribution >= 4 is 15.9 Å². The van der Waals surface area contributed by atoms with Crippen molar-refractivity contribution in [2.75, 3.05) is 25.0 Å². The van der Waals surface area contributed by atoms with Crippen LogP contribution in [-0.2, 0) is 0 Å². The maximum Gasteiger partial charge on any atom is 0.0212 e. The van der Waals surface area contributed by atoms with Crippen molar-refractivity contribution in [1.29, 1.82) is 0 Å². The summed E-state index contributed by atoms with van der Waals surface area (Å²) in [5.41, 5.74) is 0. The molecule has 0 heterocycles. The molecule has 0 radical (unpaired) electrons. The Morgan fingerprint density at radius 3 is 2.27 bits per heavy atom. The van der Waals surface area contributed by atoms with Crippen LogP contribution in [0.1, 0.15) is 20.3 Å². The Balaban J connectivity index is 3.27. The smallest absolute Gasteiger partial charge is 0.0212 e. The van der Waals surface area contributed by atoms with Crippen molar-refractivity contribution in [2.45, 2.75) is 20.3 Å². The zero-order valence-corrected chi connectivity index (χ0v) is 9.10. The SMILES string of the molecule is CCN(CC)CC/C=C/CBr. The van der Waals surface area contributed by atoms with Crippen molar-refractivity contribution in [3.8, 4) is 0 Å². The fourth-order valence-electron chi connectivity index (χ4n) is 0.978. The third kappa shape index (κ3) is 6.57. The number of hydrogen-bond donors (Lipinski definition) is 0. The summed E-state index contributed by atoms with van der Waals surface area (Å²) in [7, 11) is 0. The van der Waals surface area contributed by atoms with Crippen LogP contribution in [0, 0.1) is 0 Å². The lowest BCUT2D eigenvalue weighted by Crippen LogP contribution is -2.23. The number of allylic oxidation sites excluding steroid dienone is 1. The van der Waals surface area contributed by atoms with E-state index in [4.69, 9.17) is 0 Å². The first-order chi connectivity index (χ1) is 5.35. The minimum atomic E-state index is 0.977. The maximum absolute atomic E-state index is 3.35. The van der Waals surface area contributed by atoms with E-state index in [1.54, 1.807) is 0 Å². The molecule has 2 heteroatoms. The number of nitrogens with zero attached hydrogens (tertiary/aromatic N) is 1. The highest BCUT2D eigenvalue weighted by Crippen LogP contribution is 1.92. The quantitative estimate of drug-likeness (QED) is 0.491. The zero-order chi connectivity index (χ0) is 8.53. The van der Waals surface area contributed by atoms with E-state index >= 15 is 0 Å². The van der Waals surface area contributed by atoms with Gasteiger partial charge < -0.3 is 4.90 Å². The first-order valence-electron chi connectivity index (χ1n) is 4.28. The summed E-state index contributed by atoms with van der Waals surface area (Å²) >= 11 is 3.35. The Hall–Kier alpha value is 0.180. The molecule has 0 atom stereocenters. The standard InChI is InChI=1S/C9H18BrN/c1-3-11(4-2)9-7-5-6-8-10/h5-6H,3-4,7-9H2,1-2H3/b6-5+. The summed E-state index contributed by atoms with van der Waals surface area (Å²) < 4.78 is 0. The summed E-state index contributed by atoms with van der Waals surface area (Å²) in [4.78, 5) is 2.43. The van der Waals surface area contributed by atoms with E-state index in [-0.39, 0.29) is 0 Å². The van der Waals surface area contributed by atoms with Gasteiger partial charge in [0.2, 0.25) is 0 Å². The third-order valence-electron chi connectivity index (χ3n) is 1.76. The summed E-state index contributed by atoms with van der Waals surface area (Å²) in [5, 5.41) is 0.977. The molecule has 0 amide bonds. The minimum absolute atomic E-state index is 0.977. The fraction of sp³-hybridized carbons (Fsp3) is 0.778. The lowest BCUT2D eigenvalue weighted by molar-refractivity contribution is 0.310. The molecule has 0 saturated carbocycles. The number of alkyl halides is 1. The van der Waals surface area contributed by atoms with Crippen LogP contribution in [0.15, 0.2) is 12.2 Å². The molecule has 11 heavy (non-hydrogen) atoms. The Morgan fingerprint density at radius 1 is 1.18 bits per heavy atom. The van der Waals surface area contributed by atoms with Crippen LogP contribution >= 0.6 is 15.9 Å². The molecule has 0 aromatic rings. The molecular weight excluding hydrogens is 202 g/mol. The van der Waals surface area contributed by atoms with Gasteiger partial charge >= 0.3 is 0 Å². The third-order valence-corrected chi connectivity index (χ3v) is 2.14. The first-order valence-corrected chi connectivity index (χ1v) is 5.40. The molecular formula is C9H18BrN. The molecule has 0 aliphatic rings. The molecule has 0 N–H and O–H groups in total. The molecule has 0 spiro atoms. The molecule has 0 aliphatic carbocycles. The summed E-state index contributed by atoms with van der Waals surface area (Å²) in [5.74, 6) is 0. The van der Waals surface area contributed by atoms with Gasteiger partial charge in [0.1, 0.15) is 0 Å².